The molecule has 0 aliphatic rings. The maximum atomic E-state index is 8.41. The molecule has 2 aromatic carbocycles. The molecule has 0 aliphatic heterocycles. The van der Waals surface area contributed by atoms with Crippen molar-refractivity contribution >= 4 is 27.5 Å². The van der Waals surface area contributed by atoms with Crippen LogP contribution in [0.3, 0.4) is 0 Å². The van der Waals surface area contributed by atoms with Gasteiger partial charge in [0.15, 0.2) is 0 Å². The molecule has 17 heavy (non-hydrogen) atoms. The van der Waals surface area contributed by atoms with E-state index in [1.807, 2.05) is 42.5 Å². The van der Waals surface area contributed by atoms with Gasteiger partial charge in [-0.3, -0.25) is 0 Å². The van der Waals surface area contributed by atoms with E-state index in [1.165, 1.54) is 0 Å². The van der Waals surface area contributed by atoms with Gasteiger partial charge in [0.05, 0.1) is 11.0 Å². The summed E-state index contributed by atoms with van der Waals surface area (Å²) in [6.07, 6.45) is 0. The van der Waals surface area contributed by atoms with Crippen molar-refractivity contribution in [1.29, 1.82) is 0 Å². The Bertz CT molecular complexity index is 758. The van der Waals surface area contributed by atoms with Gasteiger partial charge in [-0.25, -0.2) is 4.98 Å². The average Bonchev–Trinajstić information content (AvgIpc) is 2.36. The minimum atomic E-state index is 0.608. The second-order valence-electron chi connectivity index (χ2n) is 3.75. The third kappa shape index (κ3) is 1.67. The molecule has 0 saturated carbocycles. The lowest BCUT2D eigenvalue weighted by Gasteiger charge is -2.01. The Labute approximate surface area is 97.1 Å². The topological polar surface area (TPSA) is 61.7 Å². The van der Waals surface area contributed by atoms with Gasteiger partial charge in [-0.1, -0.05) is 29.4 Å². The number of rotatable bonds is 1. The summed E-state index contributed by atoms with van der Waals surface area (Å²) in [5, 5.41) is 5.65. The number of fused-ring (bicyclic) bond motifs is 2. The molecule has 1 aromatic heterocycles. The summed E-state index contributed by atoms with van der Waals surface area (Å²) < 4.78 is 0. The number of pyridine rings is 1. The molecule has 0 aliphatic carbocycles. The number of hydrogen-bond acceptors (Lipinski definition) is 2. The van der Waals surface area contributed by atoms with E-state index in [-0.39, 0.29) is 0 Å². The van der Waals surface area contributed by atoms with Gasteiger partial charge in [0.2, 0.25) is 0 Å². The summed E-state index contributed by atoms with van der Waals surface area (Å²) in [6, 6.07) is 15.5. The minimum Gasteiger partial charge on any atom is -0.248 e. The van der Waals surface area contributed by atoms with E-state index in [4.69, 9.17) is 5.53 Å². The number of azide groups is 1. The van der Waals surface area contributed by atoms with Crippen LogP contribution in [0.1, 0.15) is 0 Å². The Balaban J connectivity index is 2.36. The second-order valence-corrected chi connectivity index (χ2v) is 3.75. The fraction of sp³-hybridized carbons (Fsp3) is 0. The molecule has 0 spiro atoms. The summed E-state index contributed by atoms with van der Waals surface area (Å²) in [5.74, 6) is 0. The van der Waals surface area contributed by atoms with Crippen molar-refractivity contribution in [3.8, 4) is 0 Å². The molecule has 0 bridgehead atoms. The normalized spacial score (nSPS) is 10.4. The highest BCUT2D eigenvalue weighted by Gasteiger charge is 1.99. The van der Waals surface area contributed by atoms with E-state index in [1.54, 1.807) is 6.07 Å². The molecule has 80 valence electrons. The van der Waals surface area contributed by atoms with Gasteiger partial charge in [0, 0.05) is 21.4 Å². The lowest BCUT2D eigenvalue weighted by atomic mass is 10.1. The summed E-state index contributed by atoms with van der Waals surface area (Å²) in [5.41, 5.74) is 10.9. The summed E-state index contributed by atoms with van der Waals surface area (Å²) in [7, 11) is 0. The van der Waals surface area contributed by atoms with Crippen molar-refractivity contribution in [3.63, 3.8) is 0 Å². The van der Waals surface area contributed by atoms with Crippen LogP contribution < -0.4 is 0 Å². The zero-order valence-corrected chi connectivity index (χ0v) is 8.91. The summed E-state index contributed by atoms with van der Waals surface area (Å²) in [4.78, 5) is 7.32. The van der Waals surface area contributed by atoms with Crippen LogP contribution >= 0.6 is 0 Å². The number of benzene rings is 2. The molecular weight excluding hydrogens is 212 g/mol. The Morgan fingerprint density at radius 3 is 2.65 bits per heavy atom. The standard InChI is InChI=1S/C13H8N4/c14-17-16-11-5-6-13-10(8-11)7-9-3-1-2-4-12(9)15-13/h1-8H. The zero-order valence-electron chi connectivity index (χ0n) is 8.91. The largest absolute Gasteiger partial charge is 0.248 e. The van der Waals surface area contributed by atoms with E-state index in [0.29, 0.717) is 5.69 Å². The first-order valence-corrected chi connectivity index (χ1v) is 5.21. The van der Waals surface area contributed by atoms with E-state index in [9.17, 15) is 0 Å². The van der Waals surface area contributed by atoms with Crippen LogP contribution in [-0.2, 0) is 0 Å². The van der Waals surface area contributed by atoms with Gasteiger partial charge >= 0.3 is 0 Å². The molecule has 0 unspecified atom stereocenters. The smallest absolute Gasteiger partial charge is 0.0709 e. The molecule has 0 fully saturated rings. The third-order valence-corrected chi connectivity index (χ3v) is 2.66. The van der Waals surface area contributed by atoms with Gasteiger partial charge < -0.3 is 0 Å². The fourth-order valence-electron chi connectivity index (χ4n) is 1.88. The predicted molar refractivity (Wildman–Crippen MR) is 68.1 cm³/mol. The third-order valence-electron chi connectivity index (χ3n) is 2.66. The van der Waals surface area contributed by atoms with Crippen molar-refractivity contribution in [2.45, 2.75) is 0 Å². The number of aromatic nitrogens is 1. The molecule has 0 radical (unpaired) electrons. The van der Waals surface area contributed by atoms with Gasteiger partial charge in [-0.2, -0.15) is 0 Å². The van der Waals surface area contributed by atoms with Crippen molar-refractivity contribution in [1.82, 2.24) is 4.98 Å². The Kier molecular flexibility index (Phi) is 2.14. The van der Waals surface area contributed by atoms with Gasteiger partial charge in [-0.15, -0.1) is 0 Å². The average molecular weight is 220 g/mol. The van der Waals surface area contributed by atoms with E-state index in [0.717, 1.165) is 21.8 Å². The van der Waals surface area contributed by atoms with E-state index < -0.39 is 0 Å². The number of nitrogens with zero attached hydrogens (tertiary/aromatic N) is 4. The second kappa shape index (κ2) is 3.77. The molecule has 3 aromatic rings. The predicted octanol–water partition coefficient (Wildman–Crippen LogP) is 4.33. The molecule has 0 atom stereocenters. The molecular formula is C13H8N4. The van der Waals surface area contributed by atoms with Crippen molar-refractivity contribution in [3.05, 3.63) is 59.0 Å². The molecule has 0 N–H and O–H groups in total. The van der Waals surface area contributed by atoms with Gasteiger partial charge in [0.25, 0.3) is 0 Å². The quantitative estimate of drug-likeness (QED) is 0.260. The molecule has 0 amide bonds. The van der Waals surface area contributed by atoms with Crippen LogP contribution in [0.5, 0.6) is 0 Å². The van der Waals surface area contributed by atoms with Crippen LogP contribution in [-0.4, -0.2) is 4.98 Å². The Morgan fingerprint density at radius 1 is 0.941 bits per heavy atom. The van der Waals surface area contributed by atoms with Crippen LogP contribution in [0.15, 0.2) is 53.6 Å². The molecule has 3 rings (SSSR count). The highest BCUT2D eigenvalue weighted by atomic mass is 15.1. The first kappa shape index (κ1) is 9.63. The van der Waals surface area contributed by atoms with Gasteiger partial charge in [-0.05, 0) is 29.8 Å². The number of hydrogen-bond donors (Lipinski definition) is 0. The summed E-state index contributed by atoms with van der Waals surface area (Å²) >= 11 is 0. The lowest BCUT2D eigenvalue weighted by molar-refractivity contribution is 1.46. The van der Waals surface area contributed by atoms with Crippen LogP contribution in [0.4, 0.5) is 5.69 Å². The monoisotopic (exact) mass is 220 g/mol. The van der Waals surface area contributed by atoms with Gasteiger partial charge in [0.1, 0.15) is 0 Å². The van der Waals surface area contributed by atoms with Crippen molar-refractivity contribution in [2.75, 3.05) is 0 Å². The van der Waals surface area contributed by atoms with E-state index >= 15 is 0 Å². The highest BCUT2D eigenvalue weighted by molar-refractivity contribution is 5.93. The van der Waals surface area contributed by atoms with Crippen LogP contribution in [0, 0.1) is 0 Å². The van der Waals surface area contributed by atoms with Crippen LogP contribution in [0.2, 0.25) is 0 Å². The summed E-state index contributed by atoms with van der Waals surface area (Å²) in [6.45, 7) is 0. The first-order chi connectivity index (χ1) is 8.36. The Hall–Kier alpha value is -2.58. The highest BCUT2D eigenvalue weighted by Crippen LogP contribution is 2.23. The molecule has 0 saturated heterocycles. The maximum absolute atomic E-state index is 8.41. The fourth-order valence-corrected chi connectivity index (χ4v) is 1.88. The molecule has 4 nitrogen and oxygen atoms in total. The van der Waals surface area contributed by atoms with E-state index in [2.05, 4.69) is 15.0 Å². The number of para-hydroxylation sites is 1. The molecule has 4 heteroatoms. The lowest BCUT2D eigenvalue weighted by Crippen LogP contribution is -1.81. The SMILES string of the molecule is [N-]=[N+]=Nc1ccc2nc3ccccc3cc2c1. The van der Waals surface area contributed by atoms with Crippen molar-refractivity contribution < 1.29 is 0 Å². The Morgan fingerprint density at radius 2 is 1.76 bits per heavy atom. The zero-order chi connectivity index (χ0) is 11.7. The maximum Gasteiger partial charge on any atom is 0.0709 e. The van der Waals surface area contributed by atoms with Crippen LogP contribution in [0.25, 0.3) is 32.2 Å². The minimum absolute atomic E-state index is 0.608. The molecule has 1 heterocycles. The first-order valence-electron chi connectivity index (χ1n) is 5.21. The van der Waals surface area contributed by atoms with Crippen molar-refractivity contribution in [2.24, 2.45) is 5.11 Å².